The maximum atomic E-state index is 12.7. The summed E-state index contributed by atoms with van der Waals surface area (Å²) in [6.07, 6.45) is 0. The Labute approximate surface area is 248 Å². The number of ether oxygens (including phenoxy) is 2. The summed E-state index contributed by atoms with van der Waals surface area (Å²) in [5.41, 5.74) is 1.43. The first-order chi connectivity index (χ1) is 18.9. The van der Waals surface area contributed by atoms with Gasteiger partial charge in [-0.1, -0.05) is 45.2 Å². The number of hydrogen-bond donors (Lipinski definition) is 2. The van der Waals surface area contributed by atoms with Gasteiger partial charge in [-0.3, -0.25) is 9.56 Å². The van der Waals surface area contributed by atoms with E-state index in [0.717, 1.165) is 19.7 Å². The number of aryl methyl sites for hydroxylation is 1. The van der Waals surface area contributed by atoms with E-state index in [2.05, 4.69) is 41.0 Å². The van der Waals surface area contributed by atoms with Gasteiger partial charge in [-0.25, -0.2) is 9.86 Å². The summed E-state index contributed by atoms with van der Waals surface area (Å²) >= 11 is 15.5. The van der Waals surface area contributed by atoms with Crippen molar-refractivity contribution in [3.8, 4) is 11.8 Å². The van der Waals surface area contributed by atoms with Crippen LogP contribution in [-0.2, 0) is 14.9 Å². The third-order valence-electron chi connectivity index (χ3n) is 5.07. The number of benzene rings is 2. The lowest BCUT2D eigenvalue weighted by Crippen LogP contribution is -2.30. The lowest BCUT2D eigenvalue weighted by molar-refractivity contribution is -0.0598. The molecule has 0 saturated carbocycles. The number of methoxy groups -OCH3 is 2. The Kier molecular flexibility index (Phi) is 10.4. The van der Waals surface area contributed by atoms with E-state index in [1.807, 2.05) is 12.1 Å². The average molecular weight is 677 g/mol. The lowest BCUT2D eigenvalue weighted by atomic mass is 10.2. The number of nitrogens with zero attached hydrogens (tertiary/aromatic N) is 5. The van der Waals surface area contributed by atoms with Gasteiger partial charge in [-0.2, -0.15) is 22.9 Å². The van der Waals surface area contributed by atoms with Crippen LogP contribution < -0.4 is 19.5 Å². The van der Waals surface area contributed by atoms with Crippen LogP contribution in [0.25, 0.3) is 5.78 Å². The number of rotatable bonds is 7. The van der Waals surface area contributed by atoms with E-state index in [1.54, 1.807) is 25.1 Å². The molecule has 2 amide bonds. The van der Waals surface area contributed by atoms with E-state index >= 15 is 0 Å². The Morgan fingerprint density at radius 2 is 1.73 bits per heavy atom. The number of fused-ring (bicyclic) bond motifs is 1. The molecule has 0 bridgehead atoms. The fraction of sp³-hybridized carbons (Fsp3) is 0.217. The highest BCUT2D eigenvalue weighted by molar-refractivity contribution is 9.10. The first-order valence-corrected chi connectivity index (χ1v) is 14.1. The van der Waals surface area contributed by atoms with Crippen LogP contribution >= 0.6 is 39.1 Å². The van der Waals surface area contributed by atoms with Crippen molar-refractivity contribution < 1.29 is 27.5 Å². The second kappa shape index (κ2) is 13.3. The van der Waals surface area contributed by atoms with Gasteiger partial charge in [0.15, 0.2) is 0 Å². The number of carbonyl (C=O) groups excluding carboxylic acids is 1. The van der Waals surface area contributed by atoms with Crippen molar-refractivity contribution in [2.24, 2.45) is 0 Å². The summed E-state index contributed by atoms with van der Waals surface area (Å²) < 4.78 is 39.9. The minimum absolute atomic E-state index is 0.0111. The van der Waals surface area contributed by atoms with Crippen molar-refractivity contribution in [1.29, 1.82) is 0 Å². The summed E-state index contributed by atoms with van der Waals surface area (Å²) in [7, 11) is 1.60. The topological polar surface area (TPSA) is 149 Å². The Morgan fingerprint density at radius 1 is 1.05 bits per heavy atom. The van der Waals surface area contributed by atoms with E-state index in [0.29, 0.717) is 5.56 Å². The van der Waals surface area contributed by atoms with Gasteiger partial charge in [-0.15, -0.1) is 5.10 Å². The Balaban J connectivity index is 0.000000267. The van der Waals surface area contributed by atoms with Gasteiger partial charge in [0, 0.05) is 17.2 Å². The minimum atomic E-state index is -4.18. The van der Waals surface area contributed by atoms with Crippen LogP contribution in [0.3, 0.4) is 0 Å². The van der Waals surface area contributed by atoms with Gasteiger partial charge in [0.25, 0.3) is 21.0 Å². The van der Waals surface area contributed by atoms with Crippen LogP contribution in [0, 0.1) is 6.92 Å². The van der Waals surface area contributed by atoms with E-state index in [4.69, 9.17) is 37.5 Å². The summed E-state index contributed by atoms with van der Waals surface area (Å²) in [6.45, 7) is 1.72. The molecule has 2 N–H and O–H groups in total. The molecule has 214 valence electrons. The van der Waals surface area contributed by atoms with E-state index in [-0.39, 0.29) is 39.3 Å². The summed E-state index contributed by atoms with van der Waals surface area (Å²) in [4.78, 5) is 24.0. The molecule has 0 fully saturated rings. The molecule has 4 rings (SSSR count). The number of sulfonamides is 1. The second-order valence-corrected chi connectivity index (χ2v) is 11.0. The van der Waals surface area contributed by atoms with Crippen molar-refractivity contribution in [3.63, 3.8) is 0 Å². The molecule has 40 heavy (non-hydrogen) atoms. The molecule has 0 unspecified atom stereocenters. The first kappa shape index (κ1) is 31.2. The summed E-state index contributed by atoms with van der Waals surface area (Å²) in [6, 6.07) is 11.6. The van der Waals surface area contributed by atoms with Gasteiger partial charge >= 0.3 is 6.03 Å². The zero-order valence-electron chi connectivity index (χ0n) is 21.8. The number of halogens is 3. The third-order valence-corrected chi connectivity index (χ3v) is 7.53. The number of hydroxylamine groups is 2. The predicted octanol–water partition coefficient (Wildman–Crippen LogP) is 5.03. The van der Waals surface area contributed by atoms with Crippen molar-refractivity contribution in [2.45, 2.75) is 12.1 Å². The van der Waals surface area contributed by atoms with Crippen LogP contribution in [0.2, 0.25) is 10.0 Å². The molecule has 0 aliphatic rings. The number of hydrogen-bond acceptors (Lipinski definition) is 9. The fourth-order valence-electron chi connectivity index (χ4n) is 2.92. The summed E-state index contributed by atoms with van der Waals surface area (Å²) in [5.74, 6) is 0.388. The molecule has 0 spiro atoms. The SMILES string of the molecule is CON(C)C(=O)Nc1ccc(Br)cc1.COc1cc(OC)n2nc(S(=O)(=O)Nc3c(Cl)ccc(C)c3Cl)nc2n1. The molecule has 13 nitrogen and oxygen atoms in total. The highest BCUT2D eigenvalue weighted by atomic mass is 79.9. The maximum absolute atomic E-state index is 12.7. The van der Waals surface area contributed by atoms with Crippen molar-refractivity contribution in [3.05, 3.63) is 62.5 Å². The second-order valence-electron chi connectivity index (χ2n) is 7.72. The largest absolute Gasteiger partial charge is 0.481 e. The number of urea groups is 1. The van der Waals surface area contributed by atoms with Gasteiger partial charge < -0.3 is 14.8 Å². The maximum Gasteiger partial charge on any atom is 0.345 e. The molecular weight excluding hydrogens is 653 g/mol. The molecule has 2 aromatic heterocycles. The Morgan fingerprint density at radius 3 is 2.33 bits per heavy atom. The normalized spacial score (nSPS) is 10.9. The summed E-state index contributed by atoms with van der Waals surface area (Å²) in [5, 5.41) is 7.51. The van der Waals surface area contributed by atoms with Gasteiger partial charge in [0.1, 0.15) is 0 Å². The molecule has 2 aromatic carbocycles. The monoisotopic (exact) mass is 675 g/mol. The molecule has 2 heterocycles. The van der Waals surface area contributed by atoms with Crippen molar-refractivity contribution >= 4 is 72.3 Å². The van der Waals surface area contributed by atoms with E-state index < -0.39 is 15.2 Å². The molecule has 0 aliphatic carbocycles. The zero-order chi connectivity index (χ0) is 29.6. The first-order valence-electron chi connectivity index (χ1n) is 11.1. The highest BCUT2D eigenvalue weighted by Gasteiger charge is 2.25. The van der Waals surface area contributed by atoms with Crippen molar-refractivity contribution in [2.75, 3.05) is 38.4 Å². The molecule has 0 aliphatic heterocycles. The smallest absolute Gasteiger partial charge is 0.345 e. The average Bonchev–Trinajstić information content (AvgIpc) is 3.39. The zero-order valence-corrected chi connectivity index (χ0v) is 25.7. The lowest BCUT2D eigenvalue weighted by Gasteiger charge is -2.14. The predicted molar refractivity (Wildman–Crippen MR) is 154 cm³/mol. The van der Waals surface area contributed by atoms with Gasteiger partial charge in [0.2, 0.25) is 11.8 Å². The standard InChI is InChI=1S/C14H13Cl2N5O4S.C9H11BrN2O2/c1-7-4-5-8(15)12(11(7)16)20-26(22,23)14-18-13-17-9(24-2)6-10(25-3)21(13)19-14;1-12(14-2)9(13)11-8-5-3-7(10)4-6-8/h4-6,20H,1-3H3;3-6H,1-2H3,(H,11,13). The van der Waals surface area contributed by atoms with Crippen LogP contribution in [-0.4, -0.2) is 67.5 Å². The number of nitrogens with one attached hydrogen (secondary N) is 2. The van der Waals surface area contributed by atoms with Crippen LogP contribution in [0.4, 0.5) is 16.2 Å². The fourth-order valence-corrected chi connectivity index (χ4v) is 4.72. The van der Waals surface area contributed by atoms with Gasteiger partial charge in [0.05, 0.1) is 43.1 Å². The quantitative estimate of drug-likeness (QED) is 0.257. The Hall–Kier alpha value is -3.37. The number of carbonyl (C=O) groups is 1. The van der Waals surface area contributed by atoms with Crippen LogP contribution in [0.5, 0.6) is 11.8 Å². The minimum Gasteiger partial charge on any atom is -0.481 e. The third kappa shape index (κ3) is 7.42. The van der Waals surface area contributed by atoms with Crippen LogP contribution in [0.1, 0.15) is 5.56 Å². The molecular formula is C23H24BrCl2N7O6S. The molecule has 17 heteroatoms. The number of amides is 2. The van der Waals surface area contributed by atoms with E-state index in [9.17, 15) is 13.2 Å². The number of aromatic nitrogens is 4. The molecule has 0 saturated heterocycles. The molecule has 0 atom stereocenters. The number of anilines is 2. The molecule has 0 radical (unpaired) electrons. The molecule has 4 aromatic rings. The van der Waals surface area contributed by atoms with Crippen LogP contribution in [0.15, 0.2) is 52.1 Å². The van der Waals surface area contributed by atoms with Crippen molar-refractivity contribution in [1.82, 2.24) is 24.6 Å². The highest BCUT2D eigenvalue weighted by Crippen LogP contribution is 2.34. The Bertz CT molecular complexity index is 1620. The van der Waals surface area contributed by atoms with E-state index in [1.165, 1.54) is 40.5 Å². The van der Waals surface area contributed by atoms with Gasteiger partial charge in [-0.05, 0) is 42.8 Å².